The second-order valence-corrected chi connectivity index (χ2v) is 7.43. The van der Waals surface area contributed by atoms with E-state index in [9.17, 15) is 14.4 Å². The lowest BCUT2D eigenvalue weighted by molar-refractivity contribution is -0.143. The van der Waals surface area contributed by atoms with Crippen molar-refractivity contribution in [3.63, 3.8) is 0 Å². The third-order valence-electron chi connectivity index (χ3n) is 5.11. The lowest BCUT2D eigenvalue weighted by atomic mass is 9.87. The third-order valence-corrected chi connectivity index (χ3v) is 5.11. The number of carbonyl (C=O) groups excluding carboxylic acids is 1. The minimum absolute atomic E-state index is 0.177. The summed E-state index contributed by atoms with van der Waals surface area (Å²) in [5.74, 6) is -2.05. The Kier molecular flexibility index (Phi) is 12.5. The largest absolute Gasteiger partial charge is 0.481 e. The van der Waals surface area contributed by atoms with Crippen LogP contribution in [-0.4, -0.2) is 47.3 Å². The second-order valence-electron chi connectivity index (χ2n) is 7.43. The summed E-state index contributed by atoms with van der Waals surface area (Å²) < 4.78 is 5.86. The third kappa shape index (κ3) is 12.4. The van der Waals surface area contributed by atoms with E-state index in [-0.39, 0.29) is 24.5 Å². The fourth-order valence-corrected chi connectivity index (χ4v) is 3.44. The number of hydrogen-bond donors (Lipinski definition) is 3. The van der Waals surface area contributed by atoms with Gasteiger partial charge in [-0.3, -0.25) is 14.4 Å². The van der Waals surface area contributed by atoms with E-state index in [1.165, 1.54) is 12.8 Å². The molecule has 7 nitrogen and oxygen atoms in total. The van der Waals surface area contributed by atoms with E-state index in [1.807, 2.05) is 0 Å². The number of hydrogen-bond acceptors (Lipinski definition) is 4. The zero-order valence-electron chi connectivity index (χ0n) is 16.3. The molecule has 7 heteroatoms. The summed E-state index contributed by atoms with van der Waals surface area (Å²) in [6, 6.07) is 0. The number of carboxylic acid groups (broad SMARTS) is 2. The van der Waals surface area contributed by atoms with E-state index in [2.05, 4.69) is 5.32 Å². The van der Waals surface area contributed by atoms with Crippen LogP contribution in [0.2, 0.25) is 0 Å². The minimum Gasteiger partial charge on any atom is -0.481 e. The van der Waals surface area contributed by atoms with E-state index in [4.69, 9.17) is 14.9 Å². The van der Waals surface area contributed by atoms with E-state index in [0.717, 1.165) is 70.8 Å². The predicted octanol–water partition coefficient (Wildman–Crippen LogP) is 3.36. The van der Waals surface area contributed by atoms with E-state index >= 15 is 0 Å². The molecule has 1 fully saturated rings. The molecular weight excluding hydrogens is 350 g/mol. The van der Waals surface area contributed by atoms with Crippen LogP contribution in [0.5, 0.6) is 0 Å². The normalized spacial score (nSPS) is 19.6. The first-order valence-corrected chi connectivity index (χ1v) is 10.3. The molecule has 0 saturated heterocycles. The van der Waals surface area contributed by atoms with Crippen LogP contribution in [0.3, 0.4) is 0 Å². The molecule has 0 aromatic rings. The van der Waals surface area contributed by atoms with Crippen molar-refractivity contribution in [3.05, 3.63) is 0 Å². The average molecular weight is 386 g/mol. The summed E-state index contributed by atoms with van der Waals surface area (Å²) in [6.45, 7) is 0.472. The van der Waals surface area contributed by atoms with Crippen LogP contribution in [0.15, 0.2) is 0 Å². The van der Waals surface area contributed by atoms with Crippen LogP contribution >= 0.6 is 0 Å². The summed E-state index contributed by atoms with van der Waals surface area (Å²) in [5, 5.41) is 19.8. The van der Waals surface area contributed by atoms with E-state index in [1.54, 1.807) is 0 Å². The van der Waals surface area contributed by atoms with Gasteiger partial charge in [0.2, 0.25) is 5.91 Å². The molecule has 0 bridgehead atoms. The maximum atomic E-state index is 11.3. The highest BCUT2D eigenvalue weighted by atomic mass is 16.5. The Labute approximate surface area is 161 Å². The summed E-state index contributed by atoms with van der Waals surface area (Å²) in [4.78, 5) is 32.6. The van der Waals surface area contributed by atoms with Crippen LogP contribution in [0.25, 0.3) is 0 Å². The van der Waals surface area contributed by atoms with Crippen molar-refractivity contribution in [1.29, 1.82) is 0 Å². The molecule has 0 spiro atoms. The molecule has 1 saturated carbocycles. The molecule has 3 N–H and O–H groups in total. The summed E-state index contributed by atoms with van der Waals surface area (Å²) >= 11 is 0. The van der Waals surface area contributed by atoms with Crippen molar-refractivity contribution >= 4 is 17.8 Å². The summed E-state index contributed by atoms with van der Waals surface area (Å²) in [7, 11) is 0. The number of carboxylic acids is 2. The first-order chi connectivity index (χ1) is 13.0. The minimum atomic E-state index is -1.01. The lowest BCUT2D eigenvalue weighted by Crippen LogP contribution is -2.28. The summed E-state index contributed by atoms with van der Waals surface area (Å²) in [5.41, 5.74) is 0. The van der Waals surface area contributed by atoms with Crippen molar-refractivity contribution in [2.24, 2.45) is 5.92 Å². The molecule has 0 aromatic carbocycles. The molecule has 1 amide bonds. The molecule has 1 aliphatic carbocycles. The Hall–Kier alpha value is -1.63. The standard InChI is InChI=1S/C20H35NO6/c22-18(21-15-19(23)24)9-7-5-3-1-2-4-6-8-14-27-17-12-10-16(11-13-17)20(25)26/h16-17H,1-15H2,(H,21,22)(H,23,24)(H,25,26). The number of ether oxygens (including phenoxy) is 1. The van der Waals surface area contributed by atoms with Crippen molar-refractivity contribution in [2.45, 2.75) is 89.6 Å². The first-order valence-electron chi connectivity index (χ1n) is 10.3. The molecular formula is C20H35NO6. The van der Waals surface area contributed by atoms with Gasteiger partial charge in [-0.05, 0) is 38.5 Å². The van der Waals surface area contributed by atoms with Crippen LogP contribution in [0.4, 0.5) is 0 Å². The topological polar surface area (TPSA) is 113 Å². The first kappa shape index (κ1) is 23.4. The number of unbranched alkanes of at least 4 members (excludes halogenated alkanes) is 7. The van der Waals surface area contributed by atoms with Gasteiger partial charge in [-0.15, -0.1) is 0 Å². The molecule has 0 atom stereocenters. The van der Waals surface area contributed by atoms with E-state index < -0.39 is 11.9 Å². The Morgan fingerprint density at radius 2 is 1.37 bits per heavy atom. The molecule has 0 aromatic heterocycles. The van der Waals surface area contributed by atoms with Crippen molar-refractivity contribution in [2.75, 3.05) is 13.2 Å². The highest BCUT2D eigenvalue weighted by Crippen LogP contribution is 2.26. The SMILES string of the molecule is O=C(O)CNC(=O)CCCCCCCCCCOC1CCC(C(=O)O)CC1. The molecule has 27 heavy (non-hydrogen) atoms. The molecule has 1 aliphatic rings. The van der Waals surface area contributed by atoms with Gasteiger partial charge in [-0.2, -0.15) is 0 Å². The Bertz CT molecular complexity index is 446. The Balaban J connectivity index is 1.81. The maximum absolute atomic E-state index is 11.3. The van der Waals surface area contributed by atoms with Crippen LogP contribution < -0.4 is 5.32 Å². The highest BCUT2D eigenvalue weighted by molar-refractivity contribution is 5.80. The van der Waals surface area contributed by atoms with Crippen molar-refractivity contribution in [1.82, 2.24) is 5.32 Å². The van der Waals surface area contributed by atoms with Gasteiger partial charge in [0, 0.05) is 13.0 Å². The quantitative estimate of drug-likeness (QED) is 0.373. The molecule has 0 radical (unpaired) electrons. The van der Waals surface area contributed by atoms with Crippen molar-refractivity contribution in [3.8, 4) is 0 Å². The monoisotopic (exact) mass is 385 g/mol. The van der Waals surface area contributed by atoms with Crippen LogP contribution in [0, 0.1) is 5.92 Å². The van der Waals surface area contributed by atoms with Gasteiger partial charge in [-0.1, -0.05) is 38.5 Å². The van der Waals surface area contributed by atoms with Crippen LogP contribution in [0.1, 0.15) is 83.5 Å². The number of carbonyl (C=O) groups is 3. The fraction of sp³-hybridized carbons (Fsp3) is 0.850. The van der Waals surface area contributed by atoms with Gasteiger partial charge in [0.05, 0.1) is 12.0 Å². The average Bonchev–Trinajstić information content (AvgIpc) is 2.64. The van der Waals surface area contributed by atoms with Crippen LogP contribution in [-0.2, 0) is 19.1 Å². The highest BCUT2D eigenvalue weighted by Gasteiger charge is 2.25. The molecule has 156 valence electrons. The number of nitrogens with one attached hydrogen (secondary N) is 1. The maximum Gasteiger partial charge on any atom is 0.322 e. The van der Waals surface area contributed by atoms with E-state index in [0.29, 0.717) is 6.42 Å². The van der Waals surface area contributed by atoms with Gasteiger partial charge in [0.15, 0.2) is 0 Å². The molecule has 0 aliphatic heterocycles. The molecule has 0 heterocycles. The lowest BCUT2D eigenvalue weighted by Gasteiger charge is -2.26. The summed E-state index contributed by atoms with van der Waals surface area (Å²) in [6.07, 6.45) is 12.5. The zero-order valence-corrected chi connectivity index (χ0v) is 16.3. The van der Waals surface area contributed by atoms with Gasteiger partial charge in [-0.25, -0.2) is 0 Å². The number of rotatable bonds is 15. The second kappa shape index (κ2) is 14.4. The van der Waals surface area contributed by atoms with Gasteiger partial charge >= 0.3 is 11.9 Å². The zero-order chi connectivity index (χ0) is 19.9. The molecule has 0 unspecified atom stereocenters. The van der Waals surface area contributed by atoms with Gasteiger partial charge in [0.1, 0.15) is 6.54 Å². The predicted molar refractivity (Wildman–Crippen MR) is 102 cm³/mol. The smallest absolute Gasteiger partial charge is 0.322 e. The Morgan fingerprint density at radius 1 is 0.815 bits per heavy atom. The number of aliphatic carboxylic acids is 2. The number of amides is 1. The molecule has 1 rings (SSSR count). The van der Waals surface area contributed by atoms with Gasteiger partial charge in [0.25, 0.3) is 0 Å². The van der Waals surface area contributed by atoms with Gasteiger partial charge < -0.3 is 20.3 Å². The Morgan fingerprint density at radius 3 is 1.93 bits per heavy atom. The van der Waals surface area contributed by atoms with Crippen molar-refractivity contribution < 1.29 is 29.3 Å². The fourth-order valence-electron chi connectivity index (χ4n) is 3.44.